The van der Waals surface area contributed by atoms with Gasteiger partial charge in [0, 0.05) is 38.8 Å². The molecule has 2 amide bonds. The third kappa shape index (κ3) is 6.21. The Balaban J connectivity index is 1.51. The SMILES string of the molecule is C/C=C(\CNc1[nH]cc(-c2ccccc2)c1C)c1ccc(NC(=O)OC2CCOC2)c(C(=O)N(C)C)c1. The molecule has 1 aliphatic rings. The molecule has 1 fully saturated rings. The zero-order chi connectivity index (χ0) is 26.4. The van der Waals surface area contributed by atoms with Crippen LogP contribution in [0.2, 0.25) is 0 Å². The topological polar surface area (TPSA) is 95.7 Å². The first-order chi connectivity index (χ1) is 17.9. The van der Waals surface area contributed by atoms with E-state index < -0.39 is 6.09 Å². The van der Waals surface area contributed by atoms with Crippen LogP contribution in [0.15, 0.2) is 60.8 Å². The van der Waals surface area contributed by atoms with Crippen LogP contribution in [0.5, 0.6) is 0 Å². The summed E-state index contributed by atoms with van der Waals surface area (Å²) in [5.41, 5.74) is 6.14. The number of nitrogens with zero attached hydrogens (tertiary/aromatic N) is 1. The summed E-state index contributed by atoms with van der Waals surface area (Å²) in [4.78, 5) is 30.3. The number of carbonyl (C=O) groups excluding carboxylic acids is 2. The minimum Gasteiger partial charge on any atom is -0.443 e. The van der Waals surface area contributed by atoms with E-state index in [1.807, 2.05) is 49.5 Å². The number of aromatic amines is 1. The smallest absolute Gasteiger partial charge is 0.412 e. The predicted octanol–water partition coefficient (Wildman–Crippen LogP) is 5.54. The number of anilines is 2. The first kappa shape index (κ1) is 26.0. The highest BCUT2D eigenvalue weighted by atomic mass is 16.6. The molecule has 194 valence electrons. The highest BCUT2D eigenvalue weighted by Gasteiger charge is 2.22. The highest BCUT2D eigenvalue weighted by Crippen LogP contribution is 2.29. The summed E-state index contributed by atoms with van der Waals surface area (Å²) in [6.07, 6.45) is 3.82. The lowest BCUT2D eigenvalue weighted by molar-refractivity contribution is 0.0828. The van der Waals surface area contributed by atoms with E-state index in [0.29, 0.717) is 37.4 Å². The molecule has 0 spiro atoms. The van der Waals surface area contributed by atoms with Gasteiger partial charge in [-0.1, -0.05) is 42.5 Å². The predicted molar refractivity (Wildman–Crippen MR) is 147 cm³/mol. The summed E-state index contributed by atoms with van der Waals surface area (Å²) in [5, 5.41) is 6.23. The van der Waals surface area contributed by atoms with Crippen molar-refractivity contribution in [2.45, 2.75) is 26.4 Å². The first-order valence-electron chi connectivity index (χ1n) is 12.4. The zero-order valence-electron chi connectivity index (χ0n) is 21.8. The summed E-state index contributed by atoms with van der Waals surface area (Å²) in [7, 11) is 3.37. The van der Waals surface area contributed by atoms with E-state index >= 15 is 0 Å². The summed E-state index contributed by atoms with van der Waals surface area (Å²) in [5.74, 6) is 0.734. The fourth-order valence-corrected chi connectivity index (χ4v) is 4.32. The maximum atomic E-state index is 13.0. The molecule has 1 aromatic heterocycles. The van der Waals surface area contributed by atoms with Crippen LogP contribution in [0.1, 0.15) is 34.8 Å². The number of rotatable bonds is 8. The van der Waals surface area contributed by atoms with Crippen molar-refractivity contribution in [3.05, 3.63) is 77.5 Å². The number of amides is 2. The van der Waals surface area contributed by atoms with Crippen molar-refractivity contribution in [1.29, 1.82) is 0 Å². The molecular formula is C29H34N4O4. The Kier molecular flexibility index (Phi) is 8.30. The Morgan fingerprint density at radius 2 is 1.97 bits per heavy atom. The van der Waals surface area contributed by atoms with Crippen molar-refractivity contribution >= 4 is 29.1 Å². The second kappa shape index (κ2) is 11.8. The molecule has 4 rings (SSSR count). The van der Waals surface area contributed by atoms with E-state index in [-0.39, 0.29) is 12.0 Å². The third-order valence-electron chi connectivity index (χ3n) is 6.45. The van der Waals surface area contributed by atoms with Crippen LogP contribution < -0.4 is 10.6 Å². The standard InChI is InChI=1S/C29H34N4O4/c1-5-20(16-30-27-19(2)25(17-31-27)21-9-7-6-8-10-21)22-11-12-26(24(15-22)28(34)33(3)4)32-29(35)37-23-13-14-36-18-23/h5-12,15,17,23,30-31H,13-14,16,18H2,1-4H3,(H,32,35)/b20-5+. The van der Waals surface area contributed by atoms with E-state index in [1.165, 1.54) is 4.90 Å². The molecule has 1 aliphatic heterocycles. The molecule has 3 N–H and O–H groups in total. The van der Waals surface area contributed by atoms with Gasteiger partial charge in [0.05, 0.1) is 24.5 Å². The van der Waals surface area contributed by atoms with Gasteiger partial charge in [0.2, 0.25) is 0 Å². The van der Waals surface area contributed by atoms with Crippen molar-refractivity contribution in [3.63, 3.8) is 0 Å². The number of H-pyrrole nitrogens is 1. The van der Waals surface area contributed by atoms with E-state index in [9.17, 15) is 9.59 Å². The fraction of sp³-hybridized carbons (Fsp3) is 0.310. The molecule has 0 radical (unpaired) electrons. The molecule has 0 saturated carbocycles. The first-order valence-corrected chi connectivity index (χ1v) is 12.4. The van der Waals surface area contributed by atoms with Crippen molar-refractivity contribution in [2.75, 3.05) is 44.5 Å². The second-order valence-corrected chi connectivity index (χ2v) is 9.21. The van der Waals surface area contributed by atoms with Gasteiger partial charge in [0.25, 0.3) is 5.91 Å². The molecule has 0 aliphatic carbocycles. The van der Waals surface area contributed by atoms with E-state index in [0.717, 1.165) is 33.6 Å². The number of carbonyl (C=O) groups is 2. The molecular weight excluding hydrogens is 468 g/mol. The minimum absolute atomic E-state index is 0.211. The number of ether oxygens (including phenoxy) is 2. The Bertz CT molecular complexity index is 1270. The normalized spacial score (nSPS) is 15.4. The molecule has 1 unspecified atom stereocenters. The lowest BCUT2D eigenvalue weighted by atomic mass is 10.0. The van der Waals surface area contributed by atoms with Gasteiger partial charge < -0.3 is 24.7 Å². The third-order valence-corrected chi connectivity index (χ3v) is 6.45. The van der Waals surface area contributed by atoms with Gasteiger partial charge in [-0.05, 0) is 48.2 Å². The average Bonchev–Trinajstić information content (AvgIpc) is 3.54. The Morgan fingerprint density at radius 1 is 1.19 bits per heavy atom. The molecule has 0 bridgehead atoms. The maximum Gasteiger partial charge on any atom is 0.412 e. The second-order valence-electron chi connectivity index (χ2n) is 9.21. The number of hydrogen-bond acceptors (Lipinski definition) is 5. The van der Waals surface area contributed by atoms with Gasteiger partial charge in [0.15, 0.2) is 0 Å². The highest BCUT2D eigenvalue weighted by molar-refractivity contribution is 6.03. The van der Waals surface area contributed by atoms with Gasteiger partial charge in [-0.3, -0.25) is 10.1 Å². The van der Waals surface area contributed by atoms with Gasteiger partial charge in [-0.2, -0.15) is 0 Å². The Labute approximate surface area is 217 Å². The Morgan fingerprint density at radius 3 is 2.65 bits per heavy atom. The monoisotopic (exact) mass is 502 g/mol. The fourth-order valence-electron chi connectivity index (χ4n) is 4.32. The van der Waals surface area contributed by atoms with E-state index in [4.69, 9.17) is 9.47 Å². The summed E-state index contributed by atoms with van der Waals surface area (Å²) in [6.45, 7) is 5.57. The lowest BCUT2D eigenvalue weighted by Gasteiger charge is -2.18. The van der Waals surface area contributed by atoms with Gasteiger partial charge in [0.1, 0.15) is 11.9 Å². The molecule has 2 aromatic carbocycles. The molecule has 37 heavy (non-hydrogen) atoms. The minimum atomic E-state index is -0.597. The van der Waals surface area contributed by atoms with Crippen LogP contribution in [-0.2, 0) is 9.47 Å². The largest absolute Gasteiger partial charge is 0.443 e. The molecule has 2 heterocycles. The van der Waals surface area contributed by atoms with Crippen molar-refractivity contribution in [1.82, 2.24) is 9.88 Å². The van der Waals surface area contributed by atoms with E-state index in [2.05, 4.69) is 34.7 Å². The number of aromatic nitrogens is 1. The van der Waals surface area contributed by atoms with Crippen LogP contribution in [0.25, 0.3) is 16.7 Å². The molecule has 1 saturated heterocycles. The van der Waals surface area contributed by atoms with Crippen LogP contribution >= 0.6 is 0 Å². The van der Waals surface area contributed by atoms with Crippen LogP contribution in [0.3, 0.4) is 0 Å². The van der Waals surface area contributed by atoms with Gasteiger partial charge in [-0.25, -0.2) is 4.79 Å². The quantitative estimate of drug-likeness (QED) is 0.376. The van der Waals surface area contributed by atoms with Gasteiger partial charge in [-0.15, -0.1) is 0 Å². The molecule has 8 heteroatoms. The van der Waals surface area contributed by atoms with Crippen molar-refractivity contribution < 1.29 is 19.1 Å². The summed E-state index contributed by atoms with van der Waals surface area (Å²) >= 11 is 0. The van der Waals surface area contributed by atoms with Crippen LogP contribution in [-0.4, -0.2) is 61.8 Å². The zero-order valence-corrected chi connectivity index (χ0v) is 21.8. The Hall–Kier alpha value is -4.04. The maximum absolute atomic E-state index is 13.0. The molecule has 3 aromatic rings. The summed E-state index contributed by atoms with van der Waals surface area (Å²) < 4.78 is 10.7. The number of benzene rings is 2. The number of hydrogen-bond donors (Lipinski definition) is 3. The van der Waals surface area contributed by atoms with Gasteiger partial charge >= 0.3 is 6.09 Å². The summed E-state index contributed by atoms with van der Waals surface area (Å²) in [6, 6.07) is 15.7. The van der Waals surface area contributed by atoms with Crippen LogP contribution in [0.4, 0.5) is 16.3 Å². The van der Waals surface area contributed by atoms with Crippen LogP contribution in [0, 0.1) is 6.92 Å². The molecule has 1 atom stereocenters. The number of nitrogens with one attached hydrogen (secondary N) is 3. The number of allylic oxidation sites excluding steroid dienone is 1. The lowest BCUT2D eigenvalue weighted by Crippen LogP contribution is -2.26. The molecule has 8 nitrogen and oxygen atoms in total. The van der Waals surface area contributed by atoms with Crippen molar-refractivity contribution in [3.8, 4) is 11.1 Å². The van der Waals surface area contributed by atoms with E-state index in [1.54, 1.807) is 20.2 Å². The van der Waals surface area contributed by atoms with Crippen molar-refractivity contribution in [2.24, 2.45) is 0 Å². The average molecular weight is 503 g/mol.